The van der Waals surface area contributed by atoms with Gasteiger partial charge in [-0.1, -0.05) is 18.2 Å². The van der Waals surface area contributed by atoms with E-state index in [-0.39, 0.29) is 42.0 Å². The molecule has 0 saturated carbocycles. The summed E-state index contributed by atoms with van der Waals surface area (Å²) in [5.41, 5.74) is 0.866. The number of amides is 1. The van der Waals surface area contributed by atoms with Gasteiger partial charge >= 0.3 is 0 Å². The largest absolute Gasteiger partial charge is 0.491 e. The Bertz CT molecular complexity index is 542. The predicted molar refractivity (Wildman–Crippen MR) is 109 cm³/mol. The van der Waals surface area contributed by atoms with E-state index in [0.29, 0.717) is 19.1 Å². The van der Waals surface area contributed by atoms with Crippen LogP contribution in [-0.2, 0) is 4.79 Å². The van der Waals surface area contributed by atoms with Crippen molar-refractivity contribution in [1.29, 1.82) is 0 Å². The predicted octanol–water partition coefficient (Wildman–Crippen LogP) is 2.07. The fourth-order valence-corrected chi connectivity index (χ4v) is 1.90. The van der Waals surface area contributed by atoms with Gasteiger partial charge in [0.25, 0.3) is 0 Å². The van der Waals surface area contributed by atoms with Crippen LogP contribution in [0.4, 0.5) is 0 Å². The monoisotopic (exact) mass is 448 g/mol. The first kappa shape index (κ1) is 22.5. The van der Waals surface area contributed by atoms with Crippen molar-refractivity contribution in [3.05, 3.63) is 29.8 Å². The first-order chi connectivity index (χ1) is 10.8. The first-order valence-electron chi connectivity index (χ1n) is 7.76. The first-order valence-corrected chi connectivity index (χ1v) is 7.76. The van der Waals surface area contributed by atoms with Gasteiger partial charge in [-0.3, -0.25) is 9.79 Å². The number of hydrogen-bond acceptors (Lipinski definition) is 3. The zero-order chi connectivity index (χ0) is 17.3. The van der Waals surface area contributed by atoms with Gasteiger partial charge in [-0.05, 0) is 39.3 Å². The molecule has 1 aromatic rings. The number of para-hydroxylation sites is 1. The molecule has 136 valence electrons. The lowest BCUT2D eigenvalue weighted by Gasteiger charge is -2.21. The summed E-state index contributed by atoms with van der Waals surface area (Å²) < 4.78 is 5.70. The molecule has 0 aliphatic heterocycles. The molecule has 3 N–H and O–H groups in total. The number of rotatable bonds is 6. The average molecular weight is 448 g/mol. The van der Waals surface area contributed by atoms with Crippen LogP contribution >= 0.6 is 24.0 Å². The Balaban J connectivity index is 0.00000529. The average Bonchev–Trinajstić information content (AvgIpc) is 2.46. The number of nitrogens with one attached hydrogen (secondary N) is 3. The fraction of sp³-hybridized carbons (Fsp3) is 0.529. The van der Waals surface area contributed by atoms with Crippen molar-refractivity contribution < 1.29 is 9.53 Å². The van der Waals surface area contributed by atoms with Crippen LogP contribution in [0.2, 0.25) is 0 Å². The van der Waals surface area contributed by atoms with E-state index >= 15 is 0 Å². The lowest BCUT2D eigenvalue weighted by Crippen LogP contribution is -2.48. The molecule has 1 amide bonds. The van der Waals surface area contributed by atoms with Crippen LogP contribution in [0.1, 0.15) is 26.3 Å². The highest BCUT2D eigenvalue weighted by Gasteiger charge is 2.13. The van der Waals surface area contributed by atoms with Gasteiger partial charge < -0.3 is 20.7 Å². The second kappa shape index (κ2) is 11.1. The van der Waals surface area contributed by atoms with E-state index in [4.69, 9.17) is 4.74 Å². The highest BCUT2D eigenvalue weighted by atomic mass is 127. The molecule has 0 fully saturated rings. The molecule has 0 aromatic heterocycles. The summed E-state index contributed by atoms with van der Waals surface area (Å²) in [6.07, 6.45) is 0. The third-order valence-corrected chi connectivity index (χ3v) is 2.90. The number of carbonyl (C=O) groups excluding carboxylic acids is 1. The van der Waals surface area contributed by atoms with Crippen molar-refractivity contribution in [2.75, 3.05) is 26.7 Å². The van der Waals surface area contributed by atoms with E-state index < -0.39 is 0 Å². The molecule has 0 heterocycles. The molecule has 1 rings (SSSR count). The van der Waals surface area contributed by atoms with E-state index in [0.717, 1.165) is 11.3 Å². The molecule has 24 heavy (non-hydrogen) atoms. The number of halogens is 1. The zero-order valence-electron chi connectivity index (χ0n) is 15.1. The second-order valence-corrected chi connectivity index (χ2v) is 6.26. The number of carbonyl (C=O) groups is 1. The Morgan fingerprint density at radius 1 is 1.21 bits per heavy atom. The number of guanidine groups is 1. The van der Waals surface area contributed by atoms with Crippen LogP contribution in [0.15, 0.2) is 29.3 Å². The Hall–Kier alpha value is -1.51. The maximum atomic E-state index is 11.8. The minimum absolute atomic E-state index is 0. The normalized spacial score (nSPS) is 11.3. The molecule has 0 radical (unpaired) electrons. The van der Waals surface area contributed by atoms with Crippen LogP contribution in [0.3, 0.4) is 0 Å². The molecule has 0 bridgehead atoms. The molecule has 0 unspecified atom stereocenters. The molecule has 0 atom stereocenters. The quantitative estimate of drug-likeness (QED) is 0.270. The van der Waals surface area contributed by atoms with Gasteiger partial charge in [0, 0.05) is 12.6 Å². The van der Waals surface area contributed by atoms with Crippen molar-refractivity contribution in [2.45, 2.75) is 33.2 Å². The third kappa shape index (κ3) is 9.59. The summed E-state index contributed by atoms with van der Waals surface area (Å²) in [4.78, 5) is 15.8. The lowest BCUT2D eigenvalue weighted by molar-refractivity contribution is -0.121. The van der Waals surface area contributed by atoms with Crippen molar-refractivity contribution in [3.8, 4) is 5.75 Å². The number of hydrogen-bond donors (Lipinski definition) is 3. The van der Waals surface area contributed by atoms with Crippen LogP contribution < -0.4 is 20.7 Å². The van der Waals surface area contributed by atoms with Gasteiger partial charge in [0.2, 0.25) is 5.91 Å². The topological polar surface area (TPSA) is 74.8 Å². The van der Waals surface area contributed by atoms with Gasteiger partial charge in [0.05, 0.1) is 13.1 Å². The Morgan fingerprint density at radius 2 is 1.88 bits per heavy atom. The van der Waals surface area contributed by atoms with E-state index in [1.165, 1.54) is 0 Å². The standard InChI is InChI=1S/C17H28N4O2.HI/c1-13-8-6-7-9-14(13)23-11-10-19-16(18-5)20-12-15(22)21-17(2,3)4;/h6-9H,10-12H2,1-5H3,(H,21,22)(H2,18,19,20);1H. The maximum Gasteiger partial charge on any atom is 0.239 e. The molecular weight excluding hydrogens is 419 g/mol. The van der Waals surface area contributed by atoms with Gasteiger partial charge in [-0.2, -0.15) is 0 Å². The molecule has 0 aliphatic carbocycles. The summed E-state index contributed by atoms with van der Waals surface area (Å²) in [6.45, 7) is 9.13. The van der Waals surface area contributed by atoms with Gasteiger partial charge in [0.1, 0.15) is 12.4 Å². The number of benzene rings is 1. The van der Waals surface area contributed by atoms with Crippen molar-refractivity contribution >= 4 is 35.8 Å². The molecular formula is C17H29IN4O2. The Morgan fingerprint density at radius 3 is 2.46 bits per heavy atom. The molecule has 7 heteroatoms. The lowest BCUT2D eigenvalue weighted by atomic mass is 10.1. The molecule has 0 spiro atoms. The summed E-state index contributed by atoms with van der Waals surface area (Å²) >= 11 is 0. The molecule has 0 saturated heterocycles. The van der Waals surface area contributed by atoms with Crippen LogP contribution in [0.25, 0.3) is 0 Å². The summed E-state index contributed by atoms with van der Waals surface area (Å²) in [5, 5.41) is 8.97. The van der Waals surface area contributed by atoms with Crippen LogP contribution in [0.5, 0.6) is 5.75 Å². The molecule has 6 nitrogen and oxygen atoms in total. The summed E-state index contributed by atoms with van der Waals surface area (Å²) in [6, 6.07) is 7.88. The highest BCUT2D eigenvalue weighted by molar-refractivity contribution is 14.0. The van der Waals surface area contributed by atoms with Crippen molar-refractivity contribution in [1.82, 2.24) is 16.0 Å². The van der Waals surface area contributed by atoms with Crippen molar-refractivity contribution in [3.63, 3.8) is 0 Å². The number of aryl methyl sites for hydroxylation is 1. The summed E-state index contributed by atoms with van der Waals surface area (Å²) in [7, 11) is 1.67. The van der Waals surface area contributed by atoms with E-state index in [1.54, 1.807) is 7.05 Å². The van der Waals surface area contributed by atoms with Crippen LogP contribution in [0, 0.1) is 6.92 Å². The molecule has 0 aliphatic rings. The number of nitrogens with zero attached hydrogens (tertiary/aromatic N) is 1. The van der Waals surface area contributed by atoms with Crippen LogP contribution in [-0.4, -0.2) is 44.1 Å². The Kier molecular flexibility index (Phi) is 10.4. The SMILES string of the molecule is CN=C(NCCOc1ccccc1C)NCC(=O)NC(C)(C)C.I. The van der Waals surface area contributed by atoms with Gasteiger partial charge in [-0.15, -0.1) is 24.0 Å². The minimum Gasteiger partial charge on any atom is -0.491 e. The zero-order valence-corrected chi connectivity index (χ0v) is 17.4. The van der Waals surface area contributed by atoms with Crippen molar-refractivity contribution in [2.24, 2.45) is 4.99 Å². The van der Waals surface area contributed by atoms with Gasteiger partial charge in [-0.25, -0.2) is 0 Å². The van der Waals surface area contributed by atoms with E-state index in [1.807, 2.05) is 52.0 Å². The maximum absolute atomic E-state index is 11.8. The smallest absolute Gasteiger partial charge is 0.239 e. The molecule has 1 aromatic carbocycles. The number of ether oxygens (including phenoxy) is 1. The number of aliphatic imine (C=N–C) groups is 1. The fourth-order valence-electron chi connectivity index (χ4n) is 1.90. The van der Waals surface area contributed by atoms with E-state index in [2.05, 4.69) is 20.9 Å². The third-order valence-electron chi connectivity index (χ3n) is 2.90. The van der Waals surface area contributed by atoms with E-state index in [9.17, 15) is 4.79 Å². The summed E-state index contributed by atoms with van der Waals surface area (Å²) in [5.74, 6) is 1.38. The second-order valence-electron chi connectivity index (χ2n) is 6.26. The highest BCUT2D eigenvalue weighted by Crippen LogP contribution is 2.15. The Labute approximate surface area is 161 Å². The van der Waals surface area contributed by atoms with Gasteiger partial charge in [0.15, 0.2) is 5.96 Å². The minimum atomic E-state index is -0.239.